The lowest BCUT2D eigenvalue weighted by atomic mass is 10.0. The minimum atomic E-state index is -0.793. The third-order valence-electron chi connectivity index (χ3n) is 5.44. The van der Waals surface area contributed by atoms with E-state index in [2.05, 4.69) is 5.32 Å². The van der Waals surface area contributed by atoms with Crippen LogP contribution in [0.25, 0.3) is 6.08 Å². The zero-order chi connectivity index (χ0) is 21.3. The molecule has 2 fully saturated rings. The van der Waals surface area contributed by atoms with E-state index in [9.17, 15) is 18.8 Å². The van der Waals surface area contributed by atoms with Crippen LogP contribution in [0, 0.1) is 5.82 Å². The van der Waals surface area contributed by atoms with Crippen LogP contribution in [0.4, 0.5) is 20.6 Å². The van der Waals surface area contributed by atoms with E-state index < -0.39 is 23.7 Å². The van der Waals surface area contributed by atoms with Gasteiger partial charge < -0.3 is 4.90 Å². The fourth-order valence-corrected chi connectivity index (χ4v) is 3.90. The van der Waals surface area contributed by atoms with Gasteiger partial charge in [-0.1, -0.05) is 31.2 Å². The number of amides is 4. The minimum Gasteiger partial charge on any atom is -0.369 e. The summed E-state index contributed by atoms with van der Waals surface area (Å²) >= 11 is 0. The Morgan fingerprint density at radius 1 is 1.03 bits per heavy atom. The van der Waals surface area contributed by atoms with Gasteiger partial charge in [0.05, 0.1) is 11.4 Å². The third kappa shape index (κ3) is 3.58. The summed E-state index contributed by atoms with van der Waals surface area (Å²) in [5.74, 6) is -1.92. The van der Waals surface area contributed by atoms with Crippen molar-refractivity contribution >= 4 is 35.3 Å². The van der Waals surface area contributed by atoms with Gasteiger partial charge in [0.15, 0.2) is 0 Å². The van der Waals surface area contributed by atoms with Gasteiger partial charge in [-0.3, -0.25) is 14.9 Å². The van der Waals surface area contributed by atoms with E-state index in [0.29, 0.717) is 23.4 Å². The second-order valence-electron chi connectivity index (χ2n) is 7.35. The second kappa shape index (κ2) is 8.10. The number of carbonyl (C=O) groups is 3. The first-order chi connectivity index (χ1) is 14.5. The molecular formula is C23H22FN3O3. The van der Waals surface area contributed by atoms with Gasteiger partial charge in [0, 0.05) is 13.1 Å². The number of urea groups is 1. The molecule has 0 aromatic heterocycles. The van der Waals surface area contributed by atoms with Crippen LogP contribution < -0.4 is 15.1 Å². The number of halogens is 1. The molecule has 0 radical (unpaired) electrons. The molecule has 154 valence electrons. The summed E-state index contributed by atoms with van der Waals surface area (Å²) in [7, 11) is 0. The lowest BCUT2D eigenvalue weighted by Gasteiger charge is -2.28. The largest absolute Gasteiger partial charge is 0.369 e. The number of anilines is 2. The van der Waals surface area contributed by atoms with Crippen LogP contribution in [0.1, 0.15) is 30.9 Å². The number of imide groups is 2. The van der Waals surface area contributed by atoms with Crippen LogP contribution in [-0.4, -0.2) is 30.9 Å². The number of aryl methyl sites for hydroxylation is 1. The molecule has 4 amide bonds. The van der Waals surface area contributed by atoms with Crippen LogP contribution in [0.15, 0.2) is 48.0 Å². The van der Waals surface area contributed by atoms with Crippen molar-refractivity contribution in [1.29, 1.82) is 0 Å². The first-order valence-corrected chi connectivity index (χ1v) is 10.0. The fraction of sp³-hybridized carbons (Fsp3) is 0.261. The molecule has 2 heterocycles. The molecule has 7 heteroatoms. The minimum absolute atomic E-state index is 0.214. The smallest absolute Gasteiger partial charge is 0.335 e. The average Bonchev–Trinajstić information content (AvgIpc) is 3.26. The summed E-state index contributed by atoms with van der Waals surface area (Å²) < 4.78 is 14.6. The highest BCUT2D eigenvalue weighted by Gasteiger charge is 2.37. The molecule has 4 rings (SSSR count). The third-order valence-corrected chi connectivity index (χ3v) is 5.44. The van der Waals surface area contributed by atoms with E-state index in [4.69, 9.17) is 0 Å². The predicted molar refractivity (Wildman–Crippen MR) is 113 cm³/mol. The fourth-order valence-electron chi connectivity index (χ4n) is 3.90. The van der Waals surface area contributed by atoms with Crippen molar-refractivity contribution in [3.63, 3.8) is 0 Å². The van der Waals surface area contributed by atoms with E-state index in [0.717, 1.165) is 36.4 Å². The molecule has 6 nitrogen and oxygen atoms in total. The Kier molecular flexibility index (Phi) is 5.35. The number of hydrogen-bond acceptors (Lipinski definition) is 4. The predicted octanol–water partition coefficient (Wildman–Crippen LogP) is 3.65. The average molecular weight is 407 g/mol. The van der Waals surface area contributed by atoms with Crippen molar-refractivity contribution in [2.45, 2.75) is 26.2 Å². The number of para-hydroxylation sites is 1. The number of nitrogens with one attached hydrogen (secondary N) is 1. The van der Waals surface area contributed by atoms with Gasteiger partial charge in [-0.2, -0.15) is 0 Å². The monoisotopic (exact) mass is 407 g/mol. The van der Waals surface area contributed by atoms with E-state index in [1.807, 2.05) is 24.0 Å². The molecule has 0 unspecified atom stereocenters. The highest BCUT2D eigenvalue weighted by atomic mass is 19.1. The van der Waals surface area contributed by atoms with Gasteiger partial charge in [-0.25, -0.2) is 14.1 Å². The maximum absolute atomic E-state index is 14.6. The Hall–Kier alpha value is -3.48. The molecular weight excluding hydrogens is 385 g/mol. The summed E-state index contributed by atoms with van der Waals surface area (Å²) in [5, 5.41) is 2.21. The molecule has 0 saturated carbocycles. The van der Waals surface area contributed by atoms with Gasteiger partial charge >= 0.3 is 6.03 Å². The summed E-state index contributed by atoms with van der Waals surface area (Å²) in [6.45, 7) is 3.54. The van der Waals surface area contributed by atoms with Gasteiger partial charge in [-0.05, 0) is 54.7 Å². The Labute approximate surface area is 174 Å². The molecule has 0 aliphatic carbocycles. The van der Waals surface area contributed by atoms with E-state index >= 15 is 0 Å². The van der Waals surface area contributed by atoms with E-state index in [-0.39, 0.29) is 5.57 Å². The molecule has 0 atom stereocenters. The van der Waals surface area contributed by atoms with Crippen molar-refractivity contribution in [1.82, 2.24) is 5.32 Å². The van der Waals surface area contributed by atoms with Crippen LogP contribution in [0.2, 0.25) is 0 Å². The summed E-state index contributed by atoms with van der Waals surface area (Å²) in [5.41, 5.74) is 1.91. The quantitative estimate of drug-likeness (QED) is 0.620. The second-order valence-corrected chi connectivity index (χ2v) is 7.35. The maximum Gasteiger partial charge on any atom is 0.335 e. The summed E-state index contributed by atoms with van der Waals surface area (Å²) in [6, 6.07) is 10.9. The molecule has 0 bridgehead atoms. The maximum atomic E-state index is 14.6. The Bertz CT molecular complexity index is 1060. The molecule has 30 heavy (non-hydrogen) atoms. The van der Waals surface area contributed by atoms with E-state index in [1.54, 1.807) is 24.3 Å². The highest BCUT2D eigenvalue weighted by molar-refractivity contribution is 6.39. The molecule has 1 N–H and O–H groups in total. The summed E-state index contributed by atoms with van der Waals surface area (Å²) in [6.07, 6.45) is 4.00. The zero-order valence-corrected chi connectivity index (χ0v) is 16.7. The van der Waals surface area contributed by atoms with Crippen LogP contribution >= 0.6 is 0 Å². The van der Waals surface area contributed by atoms with Crippen LogP contribution in [-0.2, 0) is 16.0 Å². The summed E-state index contributed by atoms with van der Waals surface area (Å²) in [4.78, 5) is 40.8. The van der Waals surface area contributed by atoms with Crippen LogP contribution in [0.5, 0.6) is 0 Å². The van der Waals surface area contributed by atoms with Gasteiger partial charge in [-0.15, -0.1) is 0 Å². The van der Waals surface area contributed by atoms with Gasteiger partial charge in [0.25, 0.3) is 11.8 Å². The number of nitrogens with zero attached hydrogens (tertiary/aromatic N) is 2. The van der Waals surface area contributed by atoms with Crippen molar-refractivity contribution in [2.75, 3.05) is 22.9 Å². The Morgan fingerprint density at radius 3 is 2.47 bits per heavy atom. The number of benzene rings is 2. The molecule has 2 aromatic rings. The lowest BCUT2D eigenvalue weighted by molar-refractivity contribution is -0.122. The standard InChI is InChI=1S/C23H22FN3O3/c1-2-16-7-3-4-8-19(16)27-22(29)17(21(28)25-23(27)30)13-15-9-10-20(18(24)14-15)26-11-5-6-12-26/h3-4,7-10,13-14H,2,5-6,11-12H2,1H3,(H,25,28,30). The molecule has 0 spiro atoms. The van der Waals surface area contributed by atoms with Crippen molar-refractivity contribution in [2.24, 2.45) is 0 Å². The number of barbiturate groups is 1. The van der Waals surface area contributed by atoms with Gasteiger partial charge in [0.1, 0.15) is 11.4 Å². The highest BCUT2D eigenvalue weighted by Crippen LogP contribution is 2.28. The van der Waals surface area contributed by atoms with Crippen molar-refractivity contribution in [3.8, 4) is 0 Å². The molecule has 2 aliphatic heterocycles. The van der Waals surface area contributed by atoms with Crippen LogP contribution in [0.3, 0.4) is 0 Å². The first kappa shape index (κ1) is 19.8. The van der Waals surface area contributed by atoms with Crippen molar-refractivity contribution < 1.29 is 18.8 Å². The topological polar surface area (TPSA) is 69.7 Å². The SMILES string of the molecule is CCc1ccccc1N1C(=O)NC(=O)C(=Cc2ccc(N3CCCC3)c(F)c2)C1=O. The first-order valence-electron chi connectivity index (χ1n) is 10.0. The van der Waals surface area contributed by atoms with Gasteiger partial charge in [0.2, 0.25) is 0 Å². The zero-order valence-electron chi connectivity index (χ0n) is 16.7. The number of rotatable bonds is 4. The Balaban J connectivity index is 1.68. The van der Waals surface area contributed by atoms with E-state index in [1.165, 1.54) is 12.1 Å². The van der Waals surface area contributed by atoms with Crippen molar-refractivity contribution in [3.05, 3.63) is 65.0 Å². The molecule has 2 aromatic carbocycles. The Morgan fingerprint density at radius 2 is 1.77 bits per heavy atom. The number of carbonyl (C=O) groups excluding carboxylic acids is 3. The molecule has 2 saturated heterocycles. The molecule has 2 aliphatic rings. The normalized spacial score (nSPS) is 18.3. The lowest BCUT2D eigenvalue weighted by Crippen LogP contribution is -2.54. The number of hydrogen-bond donors (Lipinski definition) is 1.